The maximum Gasteiger partial charge on any atom is 0.197 e. The second kappa shape index (κ2) is 13.8. The Bertz CT molecular complexity index is 1920. The molecule has 2 atom stereocenters. The molecule has 45 heavy (non-hydrogen) atoms. The van der Waals surface area contributed by atoms with Gasteiger partial charge in [0.05, 0.1) is 55.2 Å². The number of nitrogens with two attached hydrogens (primary N) is 2. The summed E-state index contributed by atoms with van der Waals surface area (Å²) in [6, 6.07) is 19.8. The number of imidazole rings is 2. The van der Waals surface area contributed by atoms with Crippen LogP contribution in [0.3, 0.4) is 0 Å². The van der Waals surface area contributed by atoms with Crippen LogP contribution < -0.4 is 11.5 Å². The van der Waals surface area contributed by atoms with Crippen LogP contribution in [0, 0.1) is 41.5 Å². The minimum Gasteiger partial charge on any atom is -0.412 e. The minimum absolute atomic E-state index is 0. The second-order valence-electron chi connectivity index (χ2n) is 11.3. The number of nitrogen functional groups attached to an aromatic ring is 2. The number of fused-ring (bicyclic) bond motifs is 2. The monoisotopic (exact) mass is 644 g/mol. The van der Waals surface area contributed by atoms with Gasteiger partial charge in [-0.15, -0.1) is 0 Å². The highest BCUT2D eigenvalue weighted by molar-refractivity contribution is 7.84. The van der Waals surface area contributed by atoms with Crippen molar-refractivity contribution >= 4 is 55.0 Å². The van der Waals surface area contributed by atoms with Crippen molar-refractivity contribution in [3.8, 4) is 0 Å². The molecular weight excluding hydrogens is 605 g/mol. The predicted molar refractivity (Wildman–Crippen MR) is 186 cm³/mol. The lowest BCUT2D eigenvalue weighted by molar-refractivity contribution is 0.676. The van der Waals surface area contributed by atoms with Crippen LogP contribution in [0.15, 0.2) is 71.0 Å². The lowest BCUT2D eigenvalue weighted by Crippen LogP contribution is -2.04. The molecule has 8 N–H and O–H groups in total. The molecule has 0 bridgehead atoms. The number of hydrogen-bond donors (Lipinski definition) is 4. The van der Waals surface area contributed by atoms with Crippen LogP contribution in [0.4, 0.5) is 11.4 Å². The summed E-state index contributed by atoms with van der Waals surface area (Å²) in [6.45, 7) is 12.1. The topological polar surface area (TPSA) is 175 Å². The van der Waals surface area contributed by atoms with E-state index in [9.17, 15) is 8.42 Å². The van der Waals surface area contributed by atoms with Crippen molar-refractivity contribution < 1.29 is 13.9 Å². The summed E-state index contributed by atoms with van der Waals surface area (Å²) >= 11 is 0. The molecule has 0 radical (unpaired) electrons. The third-order valence-electron chi connectivity index (χ3n) is 7.99. The number of rotatable bonds is 6. The van der Waals surface area contributed by atoms with Gasteiger partial charge in [0, 0.05) is 11.4 Å². The zero-order valence-electron chi connectivity index (χ0n) is 26.4. The molecule has 2 unspecified atom stereocenters. The molecule has 0 fully saturated rings. The summed E-state index contributed by atoms with van der Waals surface area (Å²) in [4.78, 5) is 15.1. The van der Waals surface area contributed by atoms with Gasteiger partial charge in [0.2, 0.25) is 0 Å². The van der Waals surface area contributed by atoms with Crippen molar-refractivity contribution in [2.45, 2.75) is 63.4 Å². The molecule has 2 heterocycles. The molecule has 4 aromatic carbocycles. The van der Waals surface area contributed by atoms with Gasteiger partial charge in [-0.3, -0.25) is 8.42 Å². The zero-order valence-corrected chi connectivity index (χ0v) is 28.0. The number of anilines is 2. The highest BCUT2D eigenvalue weighted by atomic mass is 32.2. The number of benzene rings is 4. The standard InChI is InChI=1S/2C17H19N3OS.H2O/c2*1-10-4-7-14-15(8-10)20-17(19-14)22(21)9-13-6-5-11(2)12(3)16(13)18;/h2*4-8H,9,18H2,1-3H3,(H,19,20);1H2. The Morgan fingerprint density at radius 2 is 0.978 bits per heavy atom. The van der Waals surface area contributed by atoms with Gasteiger partial charge in [0.15, 0.2) is 10.3 Å². The van der Waals surface area contributed by atoms with Gasteiger partial charge < -0.3 is 26.9 Å². The lowest BCUT2D eigenvalue weighted by atomic mass is 10.0. The van der Waals surface area contributed by atoms with Crippen molar-refractivity contribution in [2.75, 3.05) is 11.5 Å². The fourth-order valence-corrected chi connectivity index (χ4v) is 7.06. The van der Waals surface area contributed by atoms with Crippen molar-refractivity contribution in [2.24, 2.45) is 0 Å². The number of aryl methyl sites for hydroxylation is 4. The van der Waals surface area contributed by atoms with Gasteiger partial charge in [0.1, 0.15) is 0 Å². The Morgan fingerprint density at radius 1 is 0.600 bits per heavy atom. The zero-order chi connectivity index (χ0) is 31.7. The third kappa shape index (κ3) is 7.33. The Balaban J connectivity index is 0.000000200. The van der Waals surface area contributed by atoms with Gasteiger partial charge in [-0.2, -0.15) is 0 Å². The van der Waals surface area contributed by atoms with Crippen molar-refractivity contribution in [3.63, 3.8) is 0 Å². The summed E-state index contributed by atoms with van der Waals surface area (Å²) in [5, 5.41) is 0.997. The van der Waals surface area contributed by atoms with Crippen LogP contribution in [0.25, 0.3) is 22.1 Å². The molecule has 0 aliphatic carbocycles. The van der Waals surface area contributed by atoms with Crippen molar-refractivity contribution in [3.05, 3.63) is 105 Å². The van der Waals surface area contributed by atoms with E-state index >= 15 is 0 Å². The van der Waals surface area contributed by atoms with Gasteiger partial charge in [0.25, 0.3) is 0 Å². The SMILES string of the molecule is Cc1ccc2nc(S(=O)Cc3ccc(C)c(C)c3N)[nH]c2c1.Cc1ccc2nc(S(=O)Cc3ccc(C)c(C)c3N)[nH]c2c1.O. The van der Waals surface area contributed by atoms with Crippen molar-refractivity contribution in [1.82, 2.24) is 19.9 Å². The Kier molecular flexibility index (Phi) is 10.3. The molecule has 0 spiro atoms. The quantitative estimate of drug-likeness (QED) is 0.163. The molecule has 11 heteroatoms. The summed E-state index contributed by atoms with van der Waals surface area (Å²) in [7, 11) is -2.49. The highest BCUT2D eigenvalue weighted by Crippen LogP contribution is 2.25. The predicted octanol–water partition coefficient (Wildman–Crippen LogP) is 5.93. The summed E-state index contributed by atoms with van der Waals surface area (Å²) in [5.74, 6) is 0.734. The van der Waals surface area contributed by atoms with E-state index in [0.717, 1.165) is 77.9 Å². The van der Waals surface area contributed by atoms with Gasteiger partial charge >= 0.3 is 0 Å². The van der Waals surface area contributed by atoms with E-state index in [-0.39, 0.29) is 5.48 Å². The number of nitrogens with zero attached hydrogens (tertiary/aromatic N) is 2. The van der Waals surface area contributed by atoms with Crippen LogP contribution in [-0.2, 0) is 33.1 Å². The molecule has 9 nitrogen and oxygen atoms in total. The number of H-pyrrole nitrogens is 2. The van der Waals surface area contributed by atoms with Crippen LogP contribution in [0.5, 0.6) is 0 Å². The molecule has 0 aliphatic rings. The van der Waals surface area contributed by atoms with E-state index in [4.69, 9.17) is 11.5 Å². The molecule has 6 aromatic rings. The molecule has 0 saturated carbocycles. The Labute approximate surface area is 268 Å². The van der Waals surface area contributed by atoms with Gasteiger partial charge in [-0.1, -0.05) is 36.4 Å². The highest BCUT2D eigenvalue weighted by Gasteiger charge is 2.15. The Hall–Kier alpha value is -4.32. The summed E-state index contributed by atoms with van der Waals surface area (Å²) < 4.78 is 25.2. The fraction of sp³-hybridized carbons (Fsp3) is 0.235. The molecule has 6 rings (SSSR count). The van der Waals surface area contributed by atoms with Crippen molar-refractivity contribution in [1.29, 1.82) is 0 Å². The second-order valence-corrected chi connectivity index (χ2v) is 14.0. The Morgan fingerprint density at radius 3 is 1.36 bits per heavy atom. The maximum atomic E-state index is 12.6. The molecule has 0 aliphatic heterocycles. The molecule has 0 saturated heterocycles. The lowest BCUT2D eigenvalue weighted by Gasteiger charge is -2.09. The molecule has 2 aromatic heterocycles. The van der Waals surface area contributed by atoms with E-state index < -0.39 is 21.6 Å². The normalized spacial score (nSPS) is 12.4. The molecule has 236 valence electrons. The molecular formula is C34H40N6O3S2. The van der Waals surface area contributed by atoms with Crippen LogP contribution in [0.2, 0.25) is 0 Å². The van der Waals surface area contributed by atoms with E-state index in [0.29, 0.717) is 21.8 Å². The first-order valence-corrected chi connectivity index (χ1v) is 16.9. The summed E-state index contributed by atoms with van der Waals surface area (Å²) in [6.07, 6.45) is 0. The van der Waals surface area contributed by atoms with E-state index in [1.807, 2.05) is 102 Å². The van der Waals surface area contributed by atoms with E-state index in [1.165, 1.54) is 0 Å². The first-order chi connectivity index (χ1) is 20.9. The summed E-state index contributed by atoms with van der Waals surface area (Å²) in [5.41, 5.74) is 25.7. The van der Waals surface area contributed by atoms with Crippen LogP contribution in [0.1, 0.15) is 44.5 Å². The minimum atomic E-state index is -1.25. The van der Waals surface area contributed by atoms with Crippen LogP contribution in [-0.4, -0.2) is 33.8 Å². The van der Waals surface area contributed by atoms with E-state index in [1.54, 1.807) is 0 Å². The van der Waals surface area contributed by atoms with Crippen LogP contribution >= 0.6 is 0 Å². The van der Waals surface area contributed by atoms with Gasteiger partial charge in [-0.05, 0) is 110 Å². The van der Waals surface area contributed by atoms with E-state index in [2.05, 4.69) is 19.9 Å². The first-order valence-electron chi connectivity index (χ1n) is 14.3. The molecule has 0 amide bonds. The largest absolute Gasteiger partial charge is 0.412 e. The maximum absolute atomic E-state index is 12.6. The number of nitrogens with one attached hydrogen (secondary N) is 2. The first kappa shape index (κ1) is 33.6. The van der Waals surface area contributed by atoms with Gasteiger partial charge in [-0.25, -0.2) is 9.97 Å². The number of aromatic nitrogens is 4. The smallest absolute Gasteiger partial charge is 0.197 e. The number of aromatic amines is 2. The average Bonchev–Trinajstić information content (AvgIpc) is 3.62. The number of hydrogen-bond acceptors (Lipinski definition) is 6. The average molecular weight is 645 g/mol. The fourth-order valence-electron chi connectivity index (χ4n) is 4.87. The third-order valence-corrected chi connectivity index (χ3v) is 10.4.